The highest BCUT2D eigenvalue weighted by molar-refractivity contribution is 5.14. The summed E-state index contributed by atoms with van der Waals surface area (Å²) in [5.74, 6) is 0.868. The molecule has 2 heteroatoms. The number of benzene rings is 1. The lowest BCUT2D eigenvalue weighted by Crippen LogP contribution is -2.48. The van der Waals surface area contributed by atoms with Crippen molar-refractivity contribution in [3.05, 3.63) is 35.9 Å². The van der Waals surface area contributed by atoms with Crippen LogP contribution in [0.1, 0.15) is 32.3 Å². The normalized spacial score (nSPS) is 25.2. The minimum absolute atomic E-state index is 0.656. The fourth-order valence-corrected chi connectivity index (χ4v) is 2.86. The second kappa shape index (κ2) is 6.91. The quantitative estimate of drug-likeness (QED) is 0.859. The molecule has 0 aromatic heterocycles. The number of nitrogens with zero attached hydrogens (tertiary/aromatic N) is 1. The summed E-state index contributed by atoms with van der Waals surface area (Å²) in [4.78, 5) is 2.58. The maximum Gasteiger partial charge on any atom is 0.0208 e. The molecule has 1 aliphatic heterocycles. The lowest BCUT2D eigenvalue weighted by molar-refractivity contribution is 0.144. The number of likely N-dealkylation sites (N-methyl/N-ethyl adjacent to an activating group) is 1. The summed E-state index contributed by atoms with van der Waals surface area (Å²) in [6.07, 6.45) is 2.64. The zero-order valence-electron chi connectivity index (χ0n) is 11.7. The molecule has 2 unspecified atom stereocenters. The Kier molecular flexibility index (Phi) is 5.21. The summed E-state index contributed by atoms with van der Waals surface area (Å²) in [6, 6.07) is 11.4. The van der Waals surface area contributed by atoms with E-state index in [1.807, 2.05) is 0 Å². The first kappa shape index (κ1) is 13.6. The summed E-state index contributed by atoms with van der Waals surface area (Å²) >= 11 is 0. The number of rotatable bonds is 5. The molecular weight excluding hydrogens is 220 g/mol. The standard InChI is InChI=1S/C16H26N2/c1-3-14-10-16(13-18(4-2)12-14)17-11-15-8-6-5-7-9-15/h5-9,14,16-17H,3-4,10-13H2,1-2H3. The summed E-state index contributed by atoms with van der Waals surface area (Å²) < 4.78 is 0. The first-order valence-corrected chi connectivity index (χ1v) is 7.31. The van der Waals surface area contributed by atoms with Gasteiger partial charge in [-0.25, -0.2) is 0 Å². The summed E-state index contributed by atoms with van der Waals surface area (Å²) in [7, 11) is 0. The van der Waals surface area contributed by atoms with Crippen LogP contribution in [-0.4, -0.2) is 30.6 Å². The highest BCUT2D eigenvalue weighted by Gasteiger charge is 2.24. The Morgan fingerprint density at radius 3 is 2.61 bits per heavy atom. The van der Waals surface area contributed by atoms with Gasteiger partial charge in [-0.1, -0.05) is 50.6 Å². The minimum atomic E-state index is 0.656. The van der Waals surface area contributed by atoms with E-state index in [2.05, 4.69) is 54.4 Å². The van der Waals surface area contributed by atoms with Gasteiger partial charge < -0.3 is 10.2 Å². The molecule has 0 saturated carbocycles. The highest BCUT2D eigenvalue weighted by Crippen LogP contribution is 2.19. The van der Waals surface area contributed by atoms with Crippen LogP contribution in [0.25, 0.3) is 0 Å². The first-order valence-electron chi connectivity index (χ1n) is 7.31. The fraction of sp³-hybridized carbons (Fsp3) is 0.625. The van der Waals surface area contributed by atoms with E-state index in [9.17, 15) is 0 Å². The minimum Gasteiger partial charge on any atom is -0.309 e. The van der Waals surface area contributed by atoms with E-state index in [0.717, 1.165) is 12.5 Å². The molecule has 0 spiro atoms. The monoisotopic (exact) mass is 246 g/mol. The molecule has 1 saturated heterocycles. The van der Waals surface area contributed by atoms with E-state index >= 15 is 0 Å². The van der Waals surface area contributed by atoms with Crippen LogP contribution >= 0.6 is 0 Å². The summed E-state index contributed by atoms with van der Waals surface area (Å²) in [5, 5.41) is 3.72. The van der Waals surface area contributed by atoms with Crippen LogP contribution in [0.5, 0.6) is 0 Å². The number of likely N-dealkylation sites (tertiary alicyclic amines) is 1. The zero-order valence-corrected chi connectivity index (χ0v) is 11.7. The van der Waals surface area contributed by atoms with Gasteiger partial charge in [-0.05, 0) is 24.4 Å². The van der Waals surface area contributed by atoms with Crippen LogP contribution in [0, 0.1) is 5.92 Å². The van der Waals surface area contributed by atoms with Gasteiger partial charge in [-0.15, -0.1) is 0 Å². The van der Waals surface area contributed by atoms with Crippen molar-refractivity contribution in [1.29, 1.82) is 0 Å². The van der Waals surface area contributed by atoms with E-state index in [4.69, 9.17) is 0 Å². The third kappa shape index (κ3) is 3.82. The number of hydrogen-bond acceptors (Lipinski definition) is 2. The summed E-state index contributed by atoms with van der Waals surface area (Å²) in [5.41, 5.74) is 1.39. The zero-order chi connectivity index (χ0) is 12.8. The molecule has 0 aliphatic carbocycles. The Balaban J connectivity index is 1.84. The number of hydrogen-bond donors (Lipinski definition) is 1. The summed E-state index contributed by atoms with van der Waals surface area (Å²) in [6.45, 7) is 9.26. The van der Waals surface area contributed by atoms with Crippen LogP contribution in [-0.2, 0) is 6.54 Å². The van der Waals surface area contributed by atoms with Crippen molar-refractivity contribution in [1.82, 2.24) is 10.2 Å². The van der Waals surface area contributed by atoms with Crippen LogP contribution < -0.4 is 5.32 Å². The average Bonchev–Trinajstić information content (AvgIpc) is 2.45. The molecule has 1 aromatic carbocycles. The van der Waals surface area contributed by atoms with E-state index in [1.165, 1.54) is 38.0 Å². The SMILES string of the molecule is CCC1CC(NCc2ccccc2)CN(CC)C1. The van der Waals surface area contributed by atoms with Crippen molar-refractivity contribution in [3.8, 4) is 0 Å². The number of nitrogens with one attached hydrogen (secondary N) is 1. The van der Waals surface area contributed by atoms with Crippen LogP contribution in [0.4, 0.5) is 0 Å². The molecule has 2 atom stereocenters. The maximum atomic E-state index is 3.72. The Labute approximate surface area is 111 Å². The van der Waals surface area contributed by atoms with E-state index < -0.39 is 0 Å². The van der Waals surface area contributed by atoms with Crippen molar-refractivity contribution in [3.63, 3.8) is 0 Å². The van der Waals surface area contributed by atoms with Gasteiger partial charge in [0, 0.05) is 25.7 Å². The Hall–Kier alpha value is -0.860. The predicted octanol–water partition coefficient (Wildman–Crippen LogP) is 2.90. The Morgan fingerprint density at radius 1 is 1.17 bits per heavy atom. The molecule has 1 aliphatic rings. The number of piperidine rings is 1. The molecule has 18 heavy (non-hydrogen) atoms. The highest BCUT2D eigenvalue weighted by atomic mass is 15.2. The Morgan fingerprint density at radius 2 is 1.94 bits per heavy atom. The molecule has 1 N–H and O–H groups in total. The van der Waals surface area contributed by atoms with E-state index in [-0.39, 0.29) is 0 Å². The van der Waals surface area contributed by atoms with Crippen molar-refractivity contribution in [2.75, 3.05) is 19.6 Å². The van der Waals surface area contributed by atoms with Gasteiger partial charge in [0.1, 0.15) is 0 Å². The van der Waals surface area contributed by atoms with Crippen molar-refractivity contribution in [2.45, 2.75) is 39.3 Å². The first-order chi connectivity index (χ1) is 8.81. The topological polar surface area (TPSA) is 15.3 Å². The van der Waals surface area contributed by atoms with Crippen molar-refractivity contribution in [2.24, 2.45) is 5.92 Å². The average molecular weight is 246 g/mol. The second-order valence-electron chi connectivity index (χ2n) is 5.43. The maximum absolute atomic E-state index is 3.72. The third-order valence-electron chi connectivity index (χ3n) is 4.08. The third-order valence-corrected chi connectivity index (χ3v) is 4.08. The molecule has 2 rings (SSSR count). The molecular formula is C16H26N2. The molecule has 1 heterocycles. The largest absolute Gasteiger partial charge is 0.309 e. The van der Waals surface area contributed by atoms with Gasteiger partial charge in [0.2, 0.25) is 0 Å². The molecule has 0 bridgehead atoms. The van der Waals surface area contributed by atoms with Crippen LogP contribution in [0.15, 0.2) is 30.3 Å². The molecule has 1 aromatic rings. The van der Waals surface area contributed by atoms with Crippen LogP contribution in [0.2, 0.25) is 0 Å². The molecule has 2 nitrogen and oxygen atoms in total. The lowest BCUT2D eigenvalue weighted by Gasteiger charge is -2.37. The van der Waals surface area contributed by atoms with Gasteiger partial charge in [0.15, 0.2) is 0 Å². The van der Waals surface area contributed by atoms with Gasteiger partial charge >= 0.3 is 0 Å². The fourth-order valence-electron chi connectivity index (χ4n) is 2.86. The van der Waals surface area contributed by atoms with E-state index in [1.54, 1.807) is 0 Å². The second-order valence-corrected chi connectivity index (χ2v) is 5.43. The molecule has 1 fully saturated rings. The lowest BCUT2D eigenvalue weighted by atomic mass is 9.92. The van der Waals surface area contributed by atoms with Gasteiger partial charge in [-0.2, -0.15) is 0 Å². The molecule has 0 amide bonds. The predicted molar refractivity (Wildman–Crippen MR) is 77.6 cm³/mol. The molecule has 0 radical (unpaired) electrons. The van der Waals surface area contributed by atoms with Crippen molar-refractivity contribution < 1.29 is 0 Å². The molecule has 100 valence electrons. The smallest absolute Gasteiger partial charge is 0.0208 e. The van der Waals surface area contributed by atoms with E-state index in [0.29, 0.717) is 6.04 Å². The van der Waals surface area contributed by atoms with Crippen molar-refractivity contribution >= 4 is 0 Å². The van der Waals surface area contributed by atoms with Gasteiger partial charge in [-0.3, -0.25) is 0 Å². The Bertz CT molecular complexity index is 324. The van der Waals surface area contributed by atoms with Crippen LogP contribution in [0.3, 0.4) is 0 Å². The van der Waals surface area contributed by atoms with Gasteiger partial charge in [0.05, 0.1) is 0 Å². The van der Waals surface area contributed by atoms with Gasteiger partial charge in [0.25, 0.3) is 0 Å².